The lowest BCUT2D eigenvalue weighted by atomic mass is 10.0. The second kappa shape index (κ2) is 4.72. The summed E-state index contributed by atoms with van der Waals surface area (Å²) in [6.07, 6.45) is -0.557. The van der Waals surface area contributed by atoms with Gasteiger partial charge in [0.25, 0.3) is 0 Å². The topological polar surface area (TPSA) is 35.5 Å². The van der Waals surface area contributed by atoms with Gasteiger partial charge < -0.3 is 9.47 Å². The molecule has 0 saturated carbocycles. The van der Waals surface area contributed by atoms with E-state index in [2.05, 4.69) is 0 Å². The lowest BCUT2D eigenvalue weighted by molar-refractivity contribution is -0.0719. The molecular weight excluding hydrogens is 211 g/mol. The molecule has 0 amide bonds. The summed E-state index contributed by atoms with van der Waals surface area (Å²) in [5.41, 5.74) is 1.12. The Labute approximate surface area is 93.2 Å². The molecule has 1 unspecified atom stereocenters. The van der Waals surface area contributed by atoms with Crippen LogP contribution in [-0.4, -0.2) is 31.7 Å². The number of carbonyl (C=O) groups excluding carboxylic acids is 1. The molecule has 16 heavy (non-hydrogen) atoms. The Morgan fingerprint density at radius 1 is 1.44 bits per heavy atom. The van der Waals surface area contributed by atoms with E-state index in [1.807, 2.05) is 0 Å². The number of aryl methyl sites for hydroxylation is 1. The highest BCUT2D eigenvalue weighted by Crippen LogP contribution is 2.15. The van der Waals surface area contributed by atoms with Gasteiger partial charge in [-0.05, 0) is 30.7 Å². The summed E-state index contributed by atoms with van der Waals surface area (Å²) in [6.45, 7) is 2.93. The van der Waals surface area contributed by atoms with Crippen LogP contribution in [0.15, 0.2) is 18.2 Å². The molecule has 1 heterocycles. The van der Waals surface area contributed by atoms with Crippen LogP contribution in [0.4, 0.5) is 4.39 Å². The lowest BCUT2D eigenvalue weighted by Gasteiger charge is -2.22. The third-order valence-corrected chi connectivity index (χ3v) is 2.56. The number of hydrogen-bond acceptors (Lipinski definition) is 3. The van der Waals surface area contributed by atoms with Crippen molar-refractivity contribution in [1.82, 2.24) is 0 Å². The second-order valence-electron chi connectivity index (χ2n) is 3.76. The molecule has 0 aromatic heterocycles. The van der Waals surface area contributed by atoms with Gasteiger partial charge in [0, 0.05) is 5.56 Å². The van der Waals surface area contributed by atoms with Crippen LogP contribution in [0.5, 0.6) is 0 Å². The molecule has 1 aromatic carbocycles. The van der Waals surface area contributed by atoms with Crippen molar-refractivity contribution < 1.29 is 18.7 Å². The predicted molar refractivity (Wildman–Crippen MR) is 56.0 cm³/mol. The number of Topliss-reactive ketones (excluding diaryl/α,β-unsaturated/α-hetero) is 1. The number of ketones is 1. The molecular formula is C12H13FO3. The van der Waals surface area contributed by atoms with Crippen molar-refractivity contribution in [3.63, 3.8) is 0 Å². The molecule has 4 heteroatoms. The van der Waals surface area contributed by atoms with E-state index >= 15 is 0 Å². The van der Waals surface area contributed by atoms with Crippen LogP contribution >= 0.6 is 0 Å². The van der Waals surface area contributed by atoms with Gasteiger partial charge in [0.15, 0.2) is 5.78 Å². The Bertz CT molecular complexity index is 397. The predicted octanol–water partition coefficient (Wildman–Crippen LogP) is 1.73. The molecule has 3 nitrogen and oxygen atoms in total. The largest absolute Gasteiger partial charge is 0.376 e. The minimum atomic E-state index is -0.557. The molecule has 1 aliphatic rings. The lowest BCUT2D eigenvalue weighted by Crippen LogP contribution is -2.35. The molecule has 86 valence electrons. The molecule has 1 saturated heterocycles. The highest BCUT2D eigenvalue weighted by Gasteiger charge is 2.24. The highest BCUT2D eigenvalue weighted by molar-refractivity contribution is 6.00. The third kappa shape index (κ3) is 2.28. The Kier molecular flexibility index (Phi) is 3.31. The summed E-state index contributed by atoms with van der Waals surface area (Å²) in [5, 5.41) is 0. The Morgan fingerprint density at radius 2 is 2.25 bits per heavy atom. The van der Waals surface area contributed by atoms with Crippen LogP contribution in [0.25, 0.3) is 0 Å². The first-order chi connectivity index (χ1) is 7.68. The smallest absolute Gasteiger partial charge is 0.194 e. The Balaban J connectivity index is 2.19. The van der Waals surface area contributed by atoms with Crippen molar-refractivity contribution in [1.29, 1.82) is 0 Å². The number of rotatable bonds is 2. The average molecular weight is 224 g/mol. The molecule has 1 atom stereocenters. The maximum absolute atomic E-state index is 12.9. The number of benzene rings is 1. The van der Waals surface area contributed by atoms with E-state index < -0.39 is 6.10 Å². The molecule has 1 fully saturated rings. The first-order valence-electron chi connectivity index (χ1n) is 5.18. The van der Waals surface area contributed by atoms with Crippen molar-refractivity contribution in [2.75, 3.05) is 19.8 Å². The minimum Gasteiger partial charge on any atom is -0.376 e. The zero-order chi connectivity index (χ0) is 11.5. The fourth-order valence-corrected chi connectivity index (χ4v) is 1.72. The highest BCUT2D eigenvalue weighted by atomic mass is 19.1. The quantitative estimate of drug-likeness (QED) is 0.718. The van der Waals surface area contributed by atoms with Crippen molar-refractivity contribution in [2.24, 2.45) is 0 Å². The van der Waals surface area contributed by atoms with Crippen LogP contribution in [0.1, 0.15) is 15.9 Å². The monoisotopic (exact) mass is 224 g/mol. The van der Waals surface area contributed by atoms with Gasteiger partial charge in [0.1, 0.15) is 11.9 Å². The Hall–Kier alpha value is -1.26. The summed E-state index contributed by atoms with van der Waals surface area (Å²) in [7, 11) is 0. The standard InChI is InChI=1S/C12H13FO3/c1-8-6-9(13)2-3-10(8)12(14)11-7-15-4-5-16-11/h2-3,6,11H,4-5,7H2,1H3. The first-order valence-corrected chi connectivity index (χ1v) is 5.18. The van der Waals surface area contributed by atoms with Gasteiger partial charge in [-0.1, -0.05) is 0 Å². The van der Waals surface area contributed by atoms with Gasteiger partial charge >= 0.3 is 0 Å². The summed E-state index contributed by atoms with van der Waals surface area (Å²) >= 11 is 0. The van der Waals surface area contributed by atoms with Crippen LogP contribution in [0.3, 0.4) is 0 Å². The van der Waals surface area contributed by atoms with Crippen molar-refractivity contribution in [2.45, 2.75) is 13.0 Å². The average Bonchev–Trinajstić information content (AvgIpc) is 2.29. The molecule has 0 spiro atoms. The van der Waals surface area contributed by atoms with Gasteiger partial charge in [-0.15, -0.1) is 0 Å². The van der Waals surface area contributed by atoms with E-state index in [0.29, 0.717) is 24.3 Å². The SMILES string of the molecule is Cc1cc(F)ccc1C(=O)C1COCCO1. The number of halogens is 1. The number of hydrogen-bond donors (Lipinski definition) is 0. The molecule has 2 rings (SSSR count). The van der Waals surface area contributed by atoms with Crippen molar-refractivity contribution in [3.8, 4) is 0 Å². The van der Waals surface area contributed by atoms with E-state index in [-0.39, 0.29) is 18.2 Å². The van der Waals surface area contributed by atoms with E-state index in [0.717, 1.165) is 0 Å². The van der Waals surface area contributed by atoms with E-state index in [9.17, 15) is 9.18 Å². The molecule has 0 bridgehead atoms. The van der Waals surface area contributed by atoms with Crippen molar-refractivity contribution in [3.05, 3.63) is 35.1 Å². The van der Waals surface area contributed by atoms with Crippen LogP contribution < -0.4 is 0 Å². The maximum Gasteiger partial charge on any atom is 0.194 e. The summed E-state index contributed by atoms with van der Waals surface area (Å²) in [6, 6.07) is 4.12. The maximum atomic E-state index is 12.9. The summed E-state index contributed by atoms with van der Waals surface area (Å²) < 4.78 is 23.4. The first kappa shape index (κ1) is 11.2. The molecule has 1 aromatic rings. The van der Waals surface area contributed by atoms with Gasteiger partial charge in [0.2, 0.25) is 0 Å². The molecule has 0 radical (unpaired) electrons. The summed E-state index contributed by atoms with van der Waals surface area (Å²) in [5.74, 6) is -0.480. The molecule has 0 N–H and O–H groups in total. The van der Waals surface area contributed by atoms with Gasteiger partial charge in [-0.25, -0.2) is 4.39 Å². The Morgan fingerprint density at radius 3 is 2.88 bits per heavy atom. The molecule has 0 aliphatic carbocycles. The normalized spacial score (nSPS) is 20.8. The fourth-order valence-electron chi connectivity index (χ4n) is 1.72. The number of carbonyl (C=O) groups is 1. The van der Waals surface area contributed by atoms with Crippen LogP contribution in [0.2, 0.25) is 0 Å². The van der Waals surface area contributed by atoms with Gasteiger partial charge in [0.05, 0.1) is 19.8 Å². The van der Waals surface area contributed by atoms with Crippen molar-refractivity contribution >= 4 is 5.78 Å². The van der Waals surface area contributed by atoms with Crippen LogP contribution in [-0.2, 0) is 9.47 Å². The zero-order valence-corrected chi connectivity index (χ0v) is 9.03. The second-order valence-corrected chi connectivity index (χ2v) is 3.76. The van der Waals surface area contributed by atoms with E-state index in [4.69, 9.17) is 9.47 Å². The fraction of sp³-hybridized carbons (Fsp3) is 0.417. The van der Waals surface area contributed by atoms with Crippen LogP contribution in [0, 0.1) is 12.7 Å². The number of ether oxygens (including phenoxy) is 2. The van der Waals surface area contributed by atoms with Gasteiger partial charge in [-0.3, -0.25) is 4.79 Å². The van der Waals surface area contributed by atoms with E-state index in [1.165, 1.54) is 18.2 Å². The zero-order valence-electron chi connectivity index (χ0n) is 9.03. The molecule has 1 aliphatic heterocycles. The third-order valence-electron chi connectivity index (χ3n) is 2.56. The van der Waals surface area contributed by atoms with E-state index in [1.54, 1.807) is 6.92 Å². The van der Waals surface area contributed by atoms with Gasteiger partial charge in [-0.2, -0.15) is 0 Å². The summed E-state index contributed by atoms with van der Waals surface area (Å²) in [4.78, 5) is 12.0. The minimum absolute atomic E-state index is 0.141.